The Morgan fingerprint density at radius 2 is 2.08 bits per heavy atom. The summed E-state index contributed by atoms with van der Waals surface area (Å²) in [6.07, 6.45) is 5.70. The average molecular weight is 333 g/mol. The van der Waals surface area contributed by atoms with Crippen molar-refractivity contribution in [1.82, 2.24) is 25.3 Å². The number of hydrogen-bond acceptors (Lipinski definition) is 6. The van der Waals surface area contributed by atoms with Crippen molar-refractivity contribution in [3.8, 4) is 0 Å². The maximum Gasteiger partial charge on any atom is 0.292 e. The molecule has 130 valence electrons. The van der Waals surface area contributed by atoms with E-state index in [4.69, 9.17) is 4.52 Å². The first-order valence-corrected chi connectivity index (χ1v) is 8.87. The smallest absolute Gasteiger partial charge is 0.292 e. The molecule has 1 atom stereocenters. The predicted octanol–water partition coefficient (Wildman–Crippen LogP) is 0.721. The highest BCUT2D eigenvalue weighted by molar-refractivity contribution is 5.90. The molecule has 1 aliphatic carbocycles. The molecule has 0 aromatic carbocycles. The molecule has 1 aromatic heterocycles. The third-order valence-electron chi connectivity index (χ3n) is 5.03. The van der Waals surface area contributed by atoms with Gasteiger partial charge in [0.1, 0.15) is 0 Å². The first-order chi connectivity index (χ1) is 11.7. The van der Waals surface area contributed by atoms with Crippen molar-refractivity contribution in [3.05, 3.63) is 11.7 Å². The van der Waals surface area contributed by atoms with Crippen molar-refractivity contribution in [2.24, 2.45) is 0 Å². The van der Waals surface area contributed by atoms with Crippen LogP contribution < -0.4 is 5.32 Å². The van der Waals surface area contributed by atoms with Crippen LogP contribution in [0, 0.1) is 0 Å². The summed E-state index contributed by atoms with van der Waals surface area (Å²) in [4.78, 5) is 32.2. The van der Waals surface area contributed by atoms with Crippen molar-refractivity contribution < 1.29 is 14.1 Å². The van der Waals surface area contributed by atoms with E-state index in [1.54, 1.807) is 0 Å². The number of nitrogens with zero attached hydrogens (tertiary/aromatic N) is 4. The largest absolute Gasteiger partial charge is 0.346 e. The quantitative estimate of drug-likeness (QED) is 0.825. The number of hydrogen-bond donors (Lipinski definition) is 1. The highest BCUT2D eigenvalue weighted by atomic mass is 16.5. The summed E-state index contributed by atoms with van der Waals surface area (Å²) >= 11 is 0. The molecule has 1 aromatic rings. The highest BCUT2D eigenvalue weighted by Crippen LogP contribution is 2.30. The Labute approximate surface area is 140 Å². The molecule has 2 saturated heterocycles. The molecule has 1 N–H and O–H groups in total. The number of aromatic nitrogens is 2. The lowest BCUT2D eigenvalue weighted by Gasteiger charge is -2.24. The van der Waals surface area contributed by atoms with E-state index in [1.807, 2.05) is 4.90 Å². The predicted molar refractivity (Wildman–Crippen MR) is 84.1 cm³/mol. The monoisotopic (exact) mass is 333 g/mol. The van der Waals surface area contributed by atoms with Crippen LogP contribution in [0.25, 0.3) is 0 Å². The fourth-order valence-electron chi connectivity index (χ4n) is 3.50. The van der Waals surface area contributed by atoms with Gasteiger partial charge in [0.15, 0.2) is 0 Å². The van der Waals surface area contributed by atoms with E-state index in [-0.39, 0.29) is 29.7 Å². The van der Waals surface area contributed by atoms with Crippen molar-refractivity contribution in [2.75, 3.05) is 26.2 Å². The van der Waals surface area contributed by atoms with E-state index >= 15 is 0 Å². The van der Waals surface area contributed by atoms with Crippen molar-refractivity contribution in [2.45, 2.75) is 50.6 Å². The maximum absolute atomic E-state index is 12.0. The topological polar surface area (TPSA) is 91.6 Å². The fourth-order valence-corrected chi connectivity index (χ4v) is 3.50. The van der Waals surface area contributed by atoms with Crippen molar-refractivity contribution in [3.63, 3.8) is 0 Å². The second-order valence-corrected chi connectivity index (χ2v) is 6.88. The minimum Gasteiger partial charge on any atom is -0.346 e. The van der Waals surface area contributed by atoms with E-state index in [9.17, 15) is 9.59 Å². The molecule has 0 unspecified atom stereocenters. The zero-order valence-electron chi connectivity index (χ0n) is 13.7. The first kappa shape index (κ1) is 15.6. The van der Waals surface area contributed by atoms with Gasteiger partial charge in [-0.15, -0.1) is 0 Å². The van der Waals surface area contributed by atoms with E-state index in [1.165, 1.54) is 0 Å². The van der Waals surface area contributed by atoms with Crippen LogP contribution in [-0.2, 0) is 4.79 Å². The van der Waals surface area contributed by atoms with Gasteiger partial charge >= 0.3 is 0 Å². The van der Waals surface area contributed by atoms with Crippen LogP contribution in [-0.4, -0.2) is 64.0 Å². The van der Waals surface area contributed by atoms with E-state index in [2.05, 4.69) is 20.4 Å². The Kier molecular flexibility index (Phi) is 4.22. The summed E-state index contributed by atoms with van der Waals surface area (Å²) in [5.74, 6) is 0.641. The summed E-state index contributed by atoms with van der Waals surface area (Å²) in [7, 11) is 0. The Balaban J connectivity index is 1.36. The molecule has 3 heterocycles. The Morgan fingerprint density at radius 1 is 1.21 bits per heavy atom. The SMILES string of the molecule is O=C(NC1CC1)c1noc([C@@H]2CCCN2CCN2CCCC2=O)n1. The lowest BCUT2D eigenvalue weighted by molar-refractivity contribution is -0.127. The normalized spacial score (nSPS) is 24.8. The van der Waals surface area contributed by atoms with Gasteiger partial charge in [0.05, 0.1) is 6.04 Å². The molecule has 0 radical (unpaired) electrons. The lowest BCUT2D eigenvalue weighted by atomic mass is 10.2. The third kappa shape index (κ3) is 3.28. The van der Waals surface area contributed by atoms with Crippen LogP contribution in [0.15, 0.2) is 4.52 Å². The molecule has 0 spiro atoms. The molecular weight excluding hydrogens is 310 g/mol. The van der Waals surface area contributed by atoms with Crippen LogP contribution in [0.3, 0.4) is 0 Å². The van der Waals surface area contributed by atoms with Crippen LogP contribution in [0.4, 0.5) is 0 Å². The Morgan fingerprint density at radius 3 is 2.83 bits per heavy atom. The number of nitrogens with one attached hydrogen (secondary N) is 1. The molecule has 4 rings (SSSR count). The summed E-state index contributed by atoms with van der Waals surface area (Å²) in [5, 5.41) is 6.71. The van der Waals surface area contributed by atoms with Gasteiger partial charge < -0.3 is 14.7 Å². The standard InChI is InChI=1S/C16H23N5O3/c22-13-4-2-8-21(13)10-9-20-7-1-3-12(20)16-18-14(19-24-16)15(23)17-11-5-6-11/h11-12H,1-10H2,(H,17,23)/t12-/m0/s1. The molecule has 2 aliphatic heterocycles. The van der Waals surface area contributed by atoms with E-state index < -0.39 is 0 Å². The first-order valence-electron chi connectivity index (χ1n) is 8.87. The summed E-state index contributed by atoms with van der Waals surface area (Å²) in [5.41, 5.74) is 0. The molecule has 2 amide bonds. The summed E-state index contributed by atoms with van der Waals surface area (Å²) in [6.45, 7) is 3.38. The van der Waals surface area contributed by atoms with Crippen LogP contribution in [0.1, 0.15) is 61.1 Å². The zero-order valence-corrected chi connectivity index (χ0v) is 13.7. The van der Waals surface area contributed by atoms with Gasteiger partial charge in [-0.05, 0) is 38.6 Å². The number of likely N-dealkylation sites (tertiary alicyclic amines) is 2. The van der Waals surface area contributed by atoms with Crippen molar-refractivity contribution in [1.29, 1.82) is 0 Å². The van der Waals surface area contributed by atoms with E-state index in [0.717, 1.165) is 58.3 Å². The number of carbonyl (C=O) groups is 2. The average Bonchev–Trinajstić information content (AvgIpc) is 2.97. The third-order valence-corrected chi connectivity index (χ3v) is 5.03. The molecule has 3 aliphatic rings. The Hall–Kier alpha value is -1.96. The Bertz CT molecular complexity index is 627. The molecular formula is C16H23N5O3. The van der Waals surface area contributed by atoms with Crippen LogP contribution in [0.2, 0.25) is 0 Å². The van der Waals surface area contributed by atoms with Crippen molar-refractivity contribution >= 4 is 11.8 Å². The molecule has 24 heavy (non-hydrogen) atoms. The fraction of sp³-hybridized carbons (Fsp3) is 0.750. The van der Waals surface area contributed by atoms with Gasteiger partial charge in [-0.3, -0.25) is 14.5 Å². The molecule has 0 bridgehead atoms. The molecule has 1 saturated carbocycles. The van der Waals surface area contributed by atoms with E-state index in [0.29, 0.717) is 12.3 Å². The lowest BCUT2D eigenvalue weighted by Crippen LogP contribution is -2.35. The molecule has 8 heteroatoms. The number of amides is 2. The van der Waals surface area contributed by atoms with Gasteiger partial charge in [-0.2, -0.15) is 4.98 Å². The second-order valence-electron chi connectivity index (χ2n) is 6.88. The zero-order chi connectivity index (χ0) is 16.5. The number of carbonyl (C=O) groups excluding carboxylic acids is 2. The van der Waals surface area contributed by atoms with Gasteiger partial charge in [-0.25, -0.2) is 0 Å². The van der Waals surface area contributed by atoms with Gasteiger partial charge in [0, 0.05) is 32.1 Å². The van der Waals surface area contributed by atoms with Gasteiger partial charge in [-0.1, -0.05) is 5.16 Å². The maximum atomic E-state index is 12.0. The minimum absolute atomic E-state index is 0.0534. The number of rotatable bonds is 6. The minimum atomic E-state index is -0.250. The second kappa shape index (κ2) is 6.51. The highest BCUT2D eigenvalue weighted by Gasteiger charge is 2.33. The summed E-state index contributed by atoms with van der Waals surface area (Å²) in [6, 6.07) is 0.332. The van der Waals surface area contributed by atoms with Gasteiger partial charge in [0.25, 0.3) is 11.7 Å². The molecule has 3 fully saturated rings. The summed E-state index contributed by atoms with van der Waals surface area (Å²) < 4.78 is 5.35. The van der Waals surface area contributed by atoms with Crippen LogP contribution >= 0.6 is 0 Å². The van der Waals surface area contributed by atoms with Crippen LogP contribution in [0.5, 0.6) is 0 Å². The molecule has 8 nitrogen and oxygen atoms in total. The van der Waals surface area contributed by atoms with Gasteiger partial charge in [0.2, 0.25) is 11.8 Å².